The van der Waals surface area contributed by atoms with E-state index in [0.717, 1.165) is 38.0 Å². The summed E-state index contributed by atoms with van der Waals surface area (Å²) in [5.74, 6) is 2.82. The van der Waals surface area contributed by atoms with E-state index in [-0.39, 0.29) is 17.5 Å². The van der Waals surface area contributed by atoms with Gasteiger partial charge in [-0.05, 0) is 58.5 Å². The highest BCUT2D eigenvalue weighted by molar-refractivity contribution is 9.10. The molecule has 1 aromatic rings. The average Bonchev–Trinajstić information content (AvgIpc) is 2.44. The van der Waals surface area contributed by atoms with Crippen molar-refractivity contribution in [2.75, 3.05) is 18.1 Å². The summed E-state index contributed by atoms with van der Waals surface area (Å²) in [5.41, 5.74) is 0.0193. The molecule has 1 atom stereocenters. The van der Waals surface area contributed by atoms with E-state index in [1.165, 1.54) is 17.6 Å². The van der Waals surface area contributed by atoms with Gasteiger partial charge in [0.25, 0.3) is 0 Å². The Labute approximate surface area is 131 Å². The third-order valence-electron chi connectivity index (χ3n) is 4.05. The molecule has 0 aromatic heterocycles. The van der Waals surface area contributed by atoms with Gasteiger partial charge < -0.3 is 9.47 Å². The zero-order chi connectivity index (χ0) is 14.0. The van der Waals surface area contributed by atoms with E-state index in [1.807, 2.05) is 11.8 Å². The molecule has 3 rings (SSSR count). The van der Waals surface area contributed by atoms with Crippen molar-refractivity contribution in [3.63, 3.8) is 0 Å². The van der Waals surface area contributed by atoms with Crippen molar-refractivity contribution >= 4 is 27.7 Å². The molecule has 2 aliphatic rings. The SMILES string of the molecule is Fc1ccc(OC2CCOC3(CCSCC3)C2)cc1Br. The van der Waals surface area contributed by atoms with Crippen LogP contribution in [-0.4, -0.2) is 29.8 Å². The van der Waals surface area contributed by atoms with Crippen molar-refractivity contribution in [1.29, 1.82) is 0 Å². The fourth-order valence-electron chi connectivity index (χ4n) is 2.92. The molecule has 20 heavy (non-hydrogen) atoms. The first-order valence-electron chi connectivity index (χ1n) is 7.00. The Bertz CT molecular complexity index is 471. The van der Waals surface area contributed by atoms with Gasteiger partial charge in [0.1, 0.15) is 17.7 Å². The lowest BCUT2D eigenvalue weighted by atomic mass is 9.86. The third-order valence-corrected chi connectivity index (χ3v) is 5.64. The van der Waals surface area contributed by atoms with Gasteiger partial charge in [-0.3, -0.25) is 0 Å². The molecule has 110 valence electrons. The maximum Gasteiger partial charge on any atom is 0.137 e. The van der Waals surface area contributed by atoms with Crippen LogP contribution in [0.5, 0.6) is 5.75 Å². The summed E-state index contributed by atoms with van der Waals surface area (Å²) in [7, 11) is 0. The van der Waals surface area contributed by atoms with Gasteiger partial charge >= 0.3 is 0 Å². The maximum absolute atomic E-state index is 13.2. The number of halogens is 2. The van der Waals surface area contributed by atoms with Crippen LogP contribution in [0.3, 0.4) is 0 Å². The minimum atomic E-state index is -0.259. The van der Waals surface area contributed by atoms with Gasteiger partial charge in [-0.2, -0.15) is 11.8 Å². The Balaban J connectivity index is 1.66. The van der Waals surface area contributed by atoms with Gasteiger partial charge in [-0.15, -0.1) is 0 Å². The molecule has 0 amide bonds. The van der Waals surface area contributed by atoms with Crippen molar-refractivity contribution < 1.29 is 13.9 Å². The average molecular weight is 361 g/mol. The minimum Gasteiger partial charge on any atom is -0.490 e. The minimum absolute atomic E-state index is 0.0193. The van der Waals surface area contributed by atoms with Crippen LogP contribution in [0.1, 0.15) is 25.7 Å². The molecule has 2 saturated heterocycles. The molecule has 2 nitrogen and oxygen atoms in total. The Morgan fingerprint density at radius 1 is 1.35 bits per heavy atom. The number of rotatable bonds is 2. The first-order chi connectivity index (χ1) is 9.67. The van der Waals surface area contributed by atoms with Gasteiger partial charge in [-0.1, -0.05) is 0 Å². The highest BCUT2D eigenvalue weighted by atomic mass is 79.9. The quantitative estimate of drug-likeness (QED) is 0.777. The predicted molar refractivity (Wildman–Crippen MR) is 83.0 cm³/mol. The summed E-state index contributed by atoms with van der Waals surface area (Å²) in [6, 6.07) is 4.83. The van der Waals surface area contributed by atoms with Crippen LogP contribution in [0.25, 0.3) is 0 Å². The molecule has 1 unspecified atom stereocenters. The van der Waals surface area contributed by atoms with Crippen LogP contribution in [-0.2, 0) is 4.74 Å². The molecule has 2 fully saturated rings. The zero-order valence-corrected chi connectivity index (χ0v) is 13.6. The summed E-state index contributed by atoms with van der Waals surface area (Å²) >= 11 is 5.20. The van der Waals surface area contributed by atoms with Gasteiger partial charge in [-0.25, -0.2) is 4.39 Å². The second-order valence-corrected chi connectivity index (χ2v) is 7.53. The van der Waals surface area contributed by atoms with E-state index in [0.29, 0.717) is 4.47 Å². The van der Waals surface area contributed by atoms with Gasteiger partial charge in [0.15, 0.2) is 0 Å². The lowest BCUT2D eigenvalue weighted by molar-refractivity contribution is -0.116. The van der Waals surface area contributed by atoms with Crippen molar-refractivity contribution in [2.24, 2.45) is 0 Å². The highest BCUT2D eigenvalue weighted by Crippen LogP contribution is 2.38. The normalized spacial score (nSPS) is 25.6. The molecule has 0 saturated carbocycles. The number of thioether (sulfide) groups is 1. The van der Waals surface area contributed by atoms with Crippen LogP contribution in [0, 0.1) is 5.82 Å². The highest BCUT2D eigenvalue weighted by Gasteiger charge is 2.39. The number of benzene rings is 1. The second-order valence-electron chi connectivity index (χ2n) is 5.45. The van der Waals surface area contributed by atoms with Crippen LogP contribution in [0.4, 0.5) is 4.39 Å². The molecule has 0 aliphatic carbocycles. The van der Waals surface area contributed by atoms with E-state index in [2.05, 4.69) is 15.9 Å². The summed E-state index contributed by atoms with van der Waals surface area (Å²) < 4.78 is 25.8. The first-order valence-corrected chi connectivity index (χ1v) is 8.95. The Hall–Kier alpha value is -0.260. The summed E-state index contributed by atoms with van der Waals surface area (Å²) in [5, 5.41) is 0. The summed E-state index contributed by atoms with van der Waals surface area (Å²) in [6.45, 7) is 0.762. The topological polar surface area (TPSA) is 18.5 Å². The van der Waals surface area contributed by atoms with Crippen LogP contribution in [0.2, 0.25) is 0 Å². The lowest BCUT2D eigenvalue weighted by Crippen LogP contribution is -2.46. The van der Waals surface area contributed by atoms with Gasteiger partial charge in [0.05, 0.1) is 16.7 Å². The van der Waals surface area contributed by atoms with Gasteiger partial charge in [0, 0.05) is 12.8 Å². The Morgan fingerprint density at radius 2 is 2.15 bits per heavy atom. The van der Waals surface area contributed by atoms with E-state index in [1.54, 1.807) is 12.1 Å². The maximum atomic E-state index is 13.2. The molecule has 2 aliphatic heterocycles. The molecule has 0 radical (unpaired) electrons. The van der Waals surface area contributed by atoms with Crippen molar-refractivity contribution in [2.45, 2.75) is 37.4 Å². The standard InChI is InChI=1S/C15H18BrFO2S/c16-13-9-11(1-2-14(13)17)19-12-3-6-18-15(10-12)4-7-20-8-5-15/h1-2,9,12H,3-8,10H2. The number of hydrogen-bond acceptors (Lipinski definition) is 3. The number of hydrogen-bond donors (Lipinski definition) is 0. The van der Waals surface area contributed by atoms with Crippen LogP contribution in [0.15, 0.2) is 22.7 Å². The molecule has 1 spiro atoms. The Kier molecular flexibility index (Phi) is 4.58. The monoisotopic (exact) mass is 360 g/mol. The first kappa shape index (κ1) is 14.7. The van der Waals surface area contributed by atoms with Crippen molar-refractivity contribution in [1.82, 2.24) is 0 Å². The third kappa shape index (κ3) is 3.31. The molecule has 0 N–H and O–H groups in total. The molecule has 2 heterocycles. The van der Waals surface area contributed by atoms with E-state index in [4.69, 9.17) is 9.47 Å². The zero-order valence-electron chi connectivity index (χ0n) is 11.2. The molecule has 1 aromatic carbocycles. The number of ether oxygens (including phenoxy) is 2. The van der Waals surface area contributed by atoms with E-state index in [9.17, 15) is 4.39 Å². The molecular weight excluding hydrogens is 343 g/mol. The van der Waals surface area contributed by atoms with E-state index < -0.39 is 0 Å². The van der Waals surface area contributed by atoms with Crippen LogP contribution < -0.4 is 4.74 Å². The second kappa shape index (κ2) is 6.24. The molecular formula is C15H18BrFO2S. The van der Waals surface area contributed by atoms with Crippen LogP contribution >= 0.6 is 27.7 Å². The summed E-state index contributed by atoms with van der Waals surface area (Å²) in [6.07, 6.45) is 4.26. The molecule has 5 heteroatoms. The Morgan fingerprint density at radius 3 is 2.90 bits per heavy atom. The van der Waals surface area contributed by atoms with Gasteiger partial charge in [0.2, 0.25) is 0 Å². The smallest absolute Gasteiger partial charge is 0.137 e. The predicted octanol–water partition coefficient (Wildman–Crippen LogP) is 4.41. The lowest BCUT2D eigenvalue weighted by Gasteiger charge is -2.43. The fraction of sp³-hybridized carbons (Fsp3) is 0.600. The van der Waals surface area contributed by atoms with E-state index >= 15 is 0 Å². The largest absolute Gasteiger partial charge is 0.490 e. The van der Waals surface area contributed by atoms with Crippen molar-refractivity contribution in [3.05, 3.63) is 28.5 Å². The molecule has 0 bridgehead atoms. The van der Waals surface area contributed by atoms with Crippen molar-refractivity contribution in [3.8, 4) is 5.75 Å². The fourth-order valence-corrected chi connectivity index (χ4v) is 4.51. The summed E-state index contributed by atoms with van der Waals surface area (Å²) in [4.78, 5) is 0.